The summed E-state index contributed by atoms with van der Waals surface area (Å²) in [6.45, 7) is 1.89. The molecule has 0 atom stereocenters. The fraction of sp³-hybridized carbons (Fsp3) is 0.0667. The summed E-state index contributed by atoms with van der Waals surface area (Å²) in [6, 6.07) is 14.6. The lowest BCUT2D eigenvalue weighted by molar-refractivity contribution is 0.102. The van der Waals surface area contributed by atoms with Crippen LogP contribution in [0.2, 0.25) is 0 Å². The first kappa shape index (κ1) is 13.6. The van der Waals surface area contributed by atoms with Gasteiger partial charge in [-0.2, -0.15) is 5.26 Å². The highest BCUT2D eigenvalue weighted by molar-refractivity contribution is 14.1. The van der Waals surface area contributed by atoms with Gasteiger partial charge in [-0.05, 0) is 71.5 Å². The largest absolute Gasteiger partial charge is 0.322 e. The van der Waals surface area contributed by atoms with Gasteiger partial charge in [0.1, 0.15) is 0 Å². The Morgan fingerprint density at radius 1 is 1.21 bits per heavy atom. The Bertz CT molecular complexity index is 657. The average molecular weight is 362 g/mol. The summed E-state index contributed by atoms with van der Waals surface area (Å²) < 4.78 is 1.08. The number of carbonyl (C=O) groups is 1. The van der Waals surface area contributed by atoms with Gasteiger partial charge in [0.2, 0.25) is 0 Å². The fourth-order valence-corrected chi connectivity index (χ4v) is 1.98. The van der Waals surface area contributed by atoms with Crippen molar-refractivity contribution in [3.63, 3.8) is 0 Å². The molecule has 0 aliphatic carbocycles. The maximum Gasteiger partial charge on any atom is 0.255 e. The molecule has 0 heterocycles. The van der Waals surface area contributed by atoms with Gasteiger partial charge in [-0.15, -0.1) is 0 Å². The zero-order valence-corrected chi connectivity index (χ0v) is 12.4. The Morgan fingerprint density at radius 2 is 1.89 bits per heavy atom. The molecule has 0 radical (unpaired) electrons. The summed E-state index contributed by atoms with van der Waals surface area (Å²) in [6.07, 6.45) is 0. The molecule has 2 aromatic carbocycles. The van der Waals surface area contributed by atoms with Crippen LogP contribution in [0.4, 0.5) is 5.69 Å². The van der Waals surface area contributed by atoms with E-state index in [0.717, 1.165) is 9.13 Å². The Balaban J connectivity index is 2.24. The predicted octanol–water partition coefficient (Wildman–Crippen LogP) is 3.72. The van der Waals surface area contributed by atoms with Crippen molar-refractivity contribution in [1.82, 2.24) is 0 Å². The van der Waals surface area contributed by atoms with Gasteiger partial charge in [0.25, 0.3) is 5.91 Å². The molecule has 19 heavy (non-hydrogen) atoms. The van der Waals surface area contributed by atoms with Crippen LogP contribution in [0.25, 0.3) is 0 Å². The zero-order valence-electron chi connectivity index (χ0n) is 10.3. The van der Waals surface area contributed by atoms with Crippen molar-refractivity contribution in [2.75, 3.05) is 5.32 Å². The number of hydrogen-bond donors (Lipinski definition) is 1. The highest BCUT2D eigenvalue weighted by atomic mass is 127. The van der Waals surface area contributed by atoms with Crippen LogP contribution >= 0.6 is 22.6 Å². The number of hydrogen-bond acceptors (Lipinski definition) is 2. The van der Waals surface area contributed by atoms with Gasteiger partial charge in [0, 0.05) is 14.8 Å². The van der Waals surface area contributed by atoms with Crippen molar-refractivity contribution in [1.29, 1.82) is 5.26 Å². The first-order valence-corrected chi connectivity index (χ1v) is 6.75. The molecule has 0 unspecified atom stereocenters. The number of aryl methyl sites for hydroxylation is 1. The predicted molar refractivity (Wildman–Crippen MR) is 83.0 cm³/mol. The Morgan fingerprint density at radius 3 is 2.53 bits per heavy atom. The number of benzene rings is 2. The molecule has 0 aliphatic rings. The summed E-state index contributed by atoms with van der Waals surface area (Å²) in [4.78, 5) is 12.1. The Hall–Kier alpha value is -1.87. The third-order valence-electron chi connectivity index (χ3n) is 2.72. The van der Waals surface area contributed by atoms with Crippen molar-refractivity contribution in [2.45, 2.75) is 6.92 Å². The number of nitrogens with zero attached hydrogens (tertiary/aromatic N) is 1. The summed E-state index contributed by atoms with van der Waals surface area (Å²) in [5.74, 6) is -0.172. The molecule has 94 valence electrons. The van der Waals surface area contributed by atoms with E-state index in [1.165, 1.54) is 0 Å². The maximum atomic E-state index is 12.1. The van der Waals surface area contributed by atoms with Crippen LogP contribution in [0.3, 0.4) is 0 Å². The number of anilines is 1. The molecule has 4 heteroatoms. The van der Waals surface area contributed by atoms with Crippen LogP contribution in [-0.2, 0) is 0 Å². The van der Waals surface area contributed by atoms with E-state index in [9.17, 15) is 4.79 Å². The number of nitriles is 1. The topological polar surface area (TPSA) is 52.9 Å². The van der Waals surface area contributed by atoms with Gasteiger partial charge >= 0.3 is 0 Å². The summed E-state index contributed by atoms with van der Waals surface area (Å²) >= 11 is 2.19. The van der Waals surface area contributed by atoms with Crippen LogP contribution in [0.15, 0.2) is 42.5 Å². The molecule has 2 rings (SSSR count). The Labute approximate surface area is 125 Å². The lowest BCUT2D eigenvalue weighted by Gasteiger charge is -2.08. The minimum atomic E-state index is -0.172. The number of rotatable bonds is 2. The van der Waals surface area contributed by atoms with E-state index in [1.807, 2.05) is 25.1 Å². The van der Waals surface area contributed by atoms with E-state index in [2.05, 4.69) is 34.0 Å². The summed E-state index contributed by atoms with van der Waals surface area (Å²) in [7, 11) is 0. The van der Waals surface area contributed by atoms with E-state index in [0.29, 0.717) is 16.8 Å². The number of amides is 1. The zero-order chi connectivity index (χ0) is 13.8. The standard InChI is InChI=1S/C15H11IN2O/c1-10-2-3-11(9-17)8-14(10)18-15(19)12-4-6-13(16)7-5-12/h2-8H,1H3,(H,18,19). The highest BCUT2D eigenvalue weighted by Gasteiger charge is 2.08. The third-order valence-corrected chi connectivity index (χ3v) is 3.44. The highest BCUT2D eigenvalue weighted by Crippen LogP contribution is 2.18. The molecule has 1 N–H and O–H groups in total. The SMILES string of the molecule is Cc1ccc(C#N)cc1NC(=O)c1ccc(I)cc1. The molecule has 1 amide bonds. The van der Waals surface area contributed by atoms with E-state index in [1.54, 1.807) is 24.3 Å². The molecule has 0 aliphatic heterocycles. The van der Waals surface area contributed by atoms with Crippen LogP contribution in [0, 0.1) is 21.8 Å². The molecule has 0 fully saturated rings. The quantitative estimate of drug-likeness (QED) is 0.828. The van der Waals surface area contributed by atoms with Crippen LogP contribution in [-0.4, -0.2) is 5.91 Å². The molecule has 2 aromatic rings. The van der Waals surface area contributed by atoms with Gasteiger partial charge in [0.05, 0.1) is 11.6 Å². The minimum Gasteiger partial charge on any atom is -0.322 e. The molecule has 0 aromatic heterocycles. The first-order chi connectivity index (χ1) is 9.10. The second kappa shape index (κ2) is 5.85. The monoisotopic (exact) mass is 362 g/mol. The van der Waals surface area contributed by atoms with Crippen molar-refractivity contribution in [2.24, 2.45) is 0 Å². The van der Waals surface area contributed by atoms with Crippen LogP contribution < -0.4 is 5.32 Å². The Kier molecular flexibility index (Phi) is 4.17. The average Bonchev–Trinajstić information content (AvgIpc) is 2.42. The smallest absolute Gasteiger partial charge is 0.255 e. The molecule has 3 nitrogen and oxygen atoms in total. The van der Waals surface area contributed by atoms with Gasteiger partial charge < -0.3 is 5.32 Å². The normalized spacial score (nSPS) is 9.74. The van der Waals surface area contributed by atoms with Crippen molar-refractivity contribution in [3.8, 4) is 6.07 Å². The van der Waals surface area contributed by atoms with Gasteiger partial charge in [-0.3, -0.25) is 4.79 Å². The second-order valence-electron chi connectivity index (χ2n) is 4.10. The van der Waals surface area contributed by atoms with E-state index in [4.69, 9.17) is 5.26 Å². The summed E-state index contributed by atoms with van der Waals surface area (Å²) in [5, 5.41) is 11.7. The van der Waals surface area contributed by atoms with E-state index < -0.39 is 0 Å². The van der Waals surface area contributed by atoms with Gasteiger partial charge in [0.15, 0.2) is 0 Å². The molecular weight excluding hydrogens is 351 g/mol. The fourth-order valence-electron chi connectivity index (χ4n) is 1.62. The van der Waals surface area contributed by atoms with Crippen LogP contribution in [0.5, 0.6) is 0 Å². The minimum absolute atomic E-state index is 0.172. The van der Waals surface area contributed by atoms with Crippen LogP contribution in [0.1, 0.15) is 21.5 Å². The first-order valence-electron chi connectivity index (χ1n) is 5.68. The molecule has 0 spiro atoms. The van der Waals surface area contributed by atoms with Crippen molar-refractivity contribution < 1.29 is 4.79 Å². The lowest BCUT2D eigenvalue weighted by atomic mass is 10.1. The van der Waals surface area contributed by atoms with E-state index in [-0.39, 0.29) is 5.91 Å². The molecule has 0 saturated heterocycles. The van der Waals surface area contributed by atoms with Gasteiger partial charge in [-0.1, -0.05) is 6.07 Å². The number of halogens is 1. The number of carbonyl (C=O) groups excluding carboxylic acids is 1. The molecule has 0 bridgehead atoms. The molecule has 0 saturated carbocycles. The third kappa shape index (κ3) is 3.32. The van der Waals surface area contributed by atoms with Crippen molar-refractivity contribution >= 4 is 34.2 Å². The summed E-state index contributed by atoms with van der Waals surface area (Å²) in [5.41, 5.74) is 2.73. The van der Waals surface area contributed by atoms with Gasteiger partial charge in [-0.25, -0.2) is 0 Å². The second-order valence-corrected chi connectivity index (χ2v) is 5.35. The van der Waals surface area contributed by atoms with Crippen molar-refractivity contribution in [3.05, 3.63) is 62.7 Å². The maximum absolute atomic E-state index is 12.1. The lowest BCUT2D eigenvalue weighted by Crippen LogP contribution is -2.12. The van der Waals surface area contributed by atoms with E-state index >= 15 is 0 Å². The molecular formula is C15H11IN2O. The number of nitrogens with one attached hydrogen (secondary N) is 1.